The lowest BCUT2D eigenvalue weighted by Crippen LogP contribution is -2.38. The second kappa shape index (κ2) is 7.88. The summed E-state index contributed by atoms with van der Waals surface area (Å²) < 4.78 is 6.01. The van der Waals surface area contributed by atoms with Crippen molar-refractivity contribution in [1.82, 2.24) is 20.1 Å². The minimum absolute atomic E-state index is 0.0690. The highest BCUT2D eigenvalue weighted by Gasteiger charge is 2.32. The molecule has 0 saturated carbocycles. The molecule has 1 aliphatic rings. The van der Waals surface area contributed by atoms with Gasteiger partial charge < -0.3 is 9.32 Å². The number of benzene rings is 1. The van der Waals surface area contributed by atoms with Crippen molar-refractivity contribution in [2.45, 2.75) is 31.7 Å². The van der Waals surface area contributed by atoms with Crippen molar-refractivity contribution < 1.29 is 9.21 Å². The molecule has 138 valence electrons. The normalized spacial score (nSPS) is 17.1. The predicted octanol–water partition coefficient (Wildman–Crippen LogP) is 4.08. The molecule has 0 bridgehead atoms. The first-order valence-electron chi connectivity index (χ1n) is 8.98. The van der Waals surface area contributed by atoms with Gasteiger partial charge in [0, 0.05) is 18.0 Å². The minimum atomic E-state index is -0.167. The second-order valence-corrected chi connectivity index (χ2v) is 6.98. The van der Waals surface area contributed by atoms with Crippen LogP contribution in [-0.2, 0) is 6.42 Å². The van der Waals surface area contributed by atoms with Crippen LogP contribution >= 0.6 is 11.6 Å². The zero-order valence-electron chi connectivity index (χ0n) is 14.7. The van der Waals surface area contributed by atoms with Crippen molar-refractivity contribution in [2.75, 3.05) is 6.54 Å². The van der Waals surface area contributed by atoms with Crippen LogP contribution in [0.3, 0.4) is 0 Å². The molecule has 4 rings (SSSR count). The van der Waals surface area contributed by atoms with Gasteiger partial charge in [0.15, 0.2) is 0 Å². The predicted molar refractivity (Wildman–Crippen MR) is 100 cm³/mol. The molecule has 3 heterocycles. The molecular weight excluding hydrogens is 364 g/mol. The van der Waals surface area contributed by atoms with E-state index in [9.17, 15) is 4.79 Å². The SMILES string of the molecule is O=C(c1ccnnc1)N1CCCC[C@H]1c1ncc(Cc2ccccc2Cl)o1. The number of likely N-dealkylation sites (tertiary alicyclic amines) is 1. The maximum atomic E-state index is 12.9. The third-order valence-corrected chi connectivity index (χ3v) is 5.14. The molecule has 0 unspecified atom stereocenters. The van der Waals surface area contributed by atoms with Crippen LogP contribution in [0.4, 0.5) is 0 Å². The summed E-state index contributed by atoms with van der Waals surface area (Å²) in [6.45, 7) is 0.675. The van der Waals surface area contributed by atoms with Crippen molar-refractivity contribution in [3.8, 4) is 0 Å². The van der Waals surface area contributed by atoms with Gasteiger partial charge >= 0.3 is 0 Å². The van der Waals surface area contributed by atoms with Crippen LogP contribution in [0.5, 0.6) is 0 Å². The Bertz CT molecular complexity index is 928. The number of hydrogen-bond acceptors (Lipinski definition) is 5. The fourth-order valence-corrected chi connectivity index (χ4v) is 3.60. The molecule has 1 amide bonds. The summed E-state index contributed by atoms with van der Waals surface area (Å²) in [5.74, 6) is 1.24. The number of halogens is 1. The van der Waals surface area contributed by atoms with Gasteiger partial charge in [0.2, 0.25) is 5.89 Å². The van der Waals surface area contributed by atoms with Crippen LogP contribution in [-0.4, -0.2) is 32.5 Å². The summed E-state index contributed by atoms with van der Waals surface area (Å²) in [5, 5.41) is 8.25. The van der Waals surface area contributed by atoms with Crippen molar-refractivity contribution in [2.24, 2.45) is 0 Å². The number of carbonyl (C=O) groups excluding carboxylic acids is 1. The van der Waals surface area contributed by atoms with Crippen molar-refractivity contribution >= 4 is 17.5 Å². The van der Waals surface area contributed by atoms with Crippen LogP contribution in [0.25, 0.3) is 0 Å². The van der Waals surface area contributed by atoms with E-state index in [4.69, 9.17) is 16.0 Å². The zero-order valence-corrected chi connectivity index (χ0v) is 15.5. The van der Waals surface area contributed by atoms with E-state index in [1.54, 1.807) is 12.3 Å². The number of carbonyl (C=O) groups is 1. The molecule has 1 aromatic carbocycles. The second-order valence-electron chi connectivity index (χ2n) is 6.57. The zero-order chi connectivity index (χ0) is 18.6. The van der Waals surface area contributed by atoms with Crippen LogP contribution in [0.1, 0.15) is 52.9 Å². The Labute approximate surface area is 162 Å². The lowest BCUT2D eigenvalue weighted by Gasteiger charge is -2.33. The Morgan fingerprint density at radius 3 is 2.89 bits per heavy atom. The van der Waals surface area contributed by atoms with Gasteiger partial charge in [-0.2, -0.15) is 10.2 Å². The first-order chi connectivity index (χ1) is 13.2. The highest BCUT2D eigenvalue weighted by atomic mass is 35.5. The molecule has 27 heavy (non-hydrogen) atoms. The molecule has 1 saturated heterocycles. The highest BCUT2D eigenvalue weighted by Crippen LogP contribution is 2.32. The molecule has 0 spiro atoms. The molecule has 3 aromatic rings. The number of rotatable bonds is 4. The molecule has 0 radical (unpaired) electrons. The molecule has 2 aromatic heterocycles. The molecule has 1 fully saturated rings. The maximum absolute atomic E-state index is 12.9. The fourth-order valence-electron chi connectivity index (χ4n) is 3.40. The molecule has 1 aliphatic heterocycles. The summed E-state index contributed by atoms with van der Waals surface area (Å²) >= 11 is 6.24. The van der Waals surface area contributed by atoms with Crippen LogP contribution in [0.2, 0.25) is 5.02 Å². The van der Waals surface area contributed by atoms with Gasteiger partial charge in [0.1, 0.15) is 11.8 Å². The van der Waals surface area contributed by atoms with E-state index in [2.05, 4.69) is 15.2 Å². The Kier molecular flexibility index (Phi) is 5.16. The van der Waals surface area contributed by atoms with E-state index in [0.717, 1.165) is 30.6 Å². The van der Waals surface area contributed by atoms with E-state index in [1.807, 2.05) is 29.2 Å². The standard InChI is InChI=1S/C20H19ClN4O2/c21-17-6-2-1-5-14(17)11-16-13-22-19(27-16)18-7-3-4-10-25(18)20(26)15-8-9-23-24-12-15/h1-2,5-6,8-9,12-13,18H,3-4,7,10-11H2/t18-/m0/s1. The highest BCUT2D eigenvalue weighted by molar-refractivity contribution is 6.31. The quantitative estimate of drug-likeness (QED) is 0.679. The third kappa shape index (κ3) is 3.85. The molecule has 7 heteroatoms. The van der Waals surface area contributed by atoms with Crippen LogP contribution < -0.4 is 0 Å². The lowest BCUT2D eigenvalue weighted by atomic mass is 10.0. The molecule has 1 atom stereocenters. The average molecular weight is 383 g/mol. The summed E-state index contributed by atoms with van der Waals surface area (Å²) in [7, 11) is 0. The molecular formula is C20H19ClN4O2. The van der Waals surface area contributed by atoms with Gasteiger partial charge in [-0.25, -0.2) is 4.98 Å². The number of hydrogen-bond donors (Lipinski definition) is 0. The summed E-state index contributed by atoms with van der Waals surface area (Å²) in [4.78, 5) is 19.2. The third-order valence-electron chi connectivity index (χ3n) is 4.77. The van der Waals surface area contributed by atoms with Crippen molar-refractivity contribution in [1.29, 1.82) is 0 Å². The minimum Gasteiger partial charge on any atom is -0.443 e. The number of nitrogens with zero attached hydrogens (tertiary/aromatic N) is 4. The first-order valence-corrected chi connectivity index (χ1v) is 9.36. The number of amides is 1. The van der Waals surface area contributed by atoms with Gasteiger partial charge in [0.05, 0.1) is 24.2 Å². The molecule has 6 nitrogen and oxygen atoms in total. The van der Waals surface area contributed by atoms with E-state index < -0.39 is 0 Å². The van der Waals surface area contributed by atoms with E-state index in [1.165, 1.54) is 12.4 Å². The Hall–Kier alpha value is -2.73. The van der Waals surface area contributed by atoms with Crippen molar-refractivity contribution in [3.63, 3.8) is 0 Å². The number of oxazole rings is 1. The van der Waals surface area contributed by atoms with Gasteiger partial charge in [-0.15, -0.1) is 0 Å². The summed E-state index contributed by atoms with van der Waals surface area (Å²) in [6.07, 6.45) is 8.15. The summed E-state index contributed by atoms with van der Waals surface area (Å²) in [6, 6.07) is 9.19. The Balaban J connectivity index is 1.55. The maximum Gasteiger partial charge on any atom is 0.256 e. The van der Waals surface area contributed by atoms with E-state index in [-0.39, 0.29) is 11.9 Å². The monoisotopic (exact) mass is 382 g/mol. The van der Waals surface area contributed by atoms with Gasteiger partial charge in [-0.1, -0.05) is 29.8 Å². The topological polar surface area (TPSA) is 72.1 Å². The van der Waals surface area contributed by atoms with Crippen LogP contribution in [0, 0.1) is 0 Å². The Morgan fingerprint density at radius 1 is 1.19 bits per heavy atom. The largest absolute Gasteiger partial charge is 0.443 e. The van der Waals surface area contributed by atoms with Gasteiger partial charge in [-0.05, 0) is 37.0 Å². The van der Waals surface area contributed by atoms with Crippen molar-refractivity contribution in [3.05, 3.63) is 76.7 Å². The van der Waals surface area contributed by atoms with E-state index in [0.29, 0.717) is 29.4 Å². The number of aromatic nitrogens is 3. The fraction of sp³-hybridized carbons (Fsp3) is 0.300. The molecule has 0 aliphatic carbocycles. The Morgan fingerprint density at radius 2 is 2.07 bits per heavy atom. The smallest absolute Gasteiger partial charge is 0.256 e. The van der Waals surface area contributed by atoms with Gasteiger partial charge in [-0.3, -0.25) is 4.79 Å². The number of piperidine rings is 1. The lowest BCUT2D eigenvalue weighted by molar-refractivity contribution is 0.0569. The van der Waals surface area contributed by atoms with E-state index >= 15 is 0 Å². The van der Waals surface area contributed by atoms with Gasteiger partial charge in [0.25, 0.3) is 5.91 Å². The van der Waals surface area contributed by atoms with Crippen LogP contribution in [0.15, 0.2) is 53.3 Å². The molecule has 0 N–H and O–H groups in total. The summed E-state index contributed by atoms with van der Waals surface area (Å²) in [5.41, 5.74) is 1.51. The first kappa shape index (κ1) is 17.7. The average Bonchev–Trinajstić information content (AvgIpc) is 3.18.